The molecule has 2 aliphatic rings. The number of phenolic OH excluding ortho intramolecular Hbond substituents is 1. The summed E-state index contributed by atoms with van der Waals surface area (Å²) in [5.41, 5.74) is -2.73. The number of rotatable bonds is 9. The number of benzene rings is 4. The molecule has 2 aliphatic heterocycles. The molecule has 6 rings (SSSR count). The van der Waals surface area contributed by atoms with Gasteiger partial charge in [-0.25, -0.2) is 4.39 Å². The van der Waals surface area contributed by atoms with Gasteiger partial charge in [-0.05, 0) is 60.7 Å². The topological polar surface area (TPSA) is 163 Å². The average Bonchev–Trinajstić information content (AvgIpc) is 3.25. The lowest BCUT2D eigenvalue weighted by molar-refractivity contribution is -0.385. The number of carbonyl (C=O) groups excluding carboxylic acids is 2. The van der Waals surface area contributed by atoms with E-state index < -0.39 is 80.6 Å². The molecule has 14 nitrogen and oxygen atoms in total. The van der Waals surface area contributed by atoms with Gasteiger partial charge < -0.3 is 29.4 Å². The molecule has 2 amide bonds. The second kappa shape index (κ2) is 19.0. The van der Waals surface area contributed by atoms with Crippen LogP contribution in [0.15, 0.2) is 84.9 Å². The van der Waals surface area contributed by atoms with E-state index in [4.69, 9.17) is 0 Å². The van der Waals surface area contributed by atoms with Gasteiger partial charge in [-0.3, -0.25) is 29.8 Å². The molecular weight excluding hydrogens is 908 g/mol. The molecule has 4 aromatic rings. The van der Waals surface area contributed by atoms with Crippen molar-refractivity contribution in [1.82, 2.24) is 9.80 Å². The largest absolute Gasteiger partial charge is 0.507 e. The summed E-state index contributed by atoms with van der Waals surface area (Å²) in [4.78, 5) is 51.8. The van der Waals surface area contributed by atoms with Crippen LogP contribution in [-0.2, 0) is 12.4 Å². The van der Waals surface area contributed by atoms with E-state index in [-0.39, 0.29) is 56.3 Å². The smallest absolute Gasteiger partial charge is 0.439 e. The maximum Gasteiger partial charge on any atom is 0.439 e. The Bertz CT molecular complexity index is 2370. The van der Waals surface area contributed by atoms with E-state index in [1.165, 1.54) is 29.2 Å². The van der Waals surface area contributed by atoms with Crippen molar-refractivity contribution in [2.75, 3.05) is 62.2 Å². The van der Waals surface area contributed by atoms with Crippen LogP contribution in [0.4, 0.5) is 75.4 Å². The summed E-state index contributed by atoms with van der Waals surface area (Å²) in [6.07, 6.45) is -25.1. The van der Waals surface area contributed by atoms with Gasteiger partial charge in [0.2, 0.25) is 0 Å². The van der Waals surface area contributed by atoms with Gasteiger partial charge in [0.25, 0.3) is 29.4 Å². The van der Waals surface area contributed by atoms with Crippen LogP contribution in [0, 0.1) is 20.2 Å². The van der Waals surface area contributed by atoms with Crippen molar-refractivity contribution >= 4 is 34.6 Å². The van der Waals surface area contributed by atoms with E-state index in [0.29, 0.717) is 42.7 Å². The quantitative estimate of drug-likeness (QED) is 0.0976. The highest BCUT2D eigenvalue weighted by Crippen LogP contribution is 2.39. The number of phenols is 1. The number of anilines is 2. The van der Waals surface area contributed by atoms with Crippen molar-refractivity contribution in [1.29, 1.82) is 0 Å². The minimum Gasteiger partial charge on any atom is -0.507 e. The fraction of sp³-hybridized carbons (Fsp3) is 0.333. The Morgan fingerprint density at radius 2 is 0.938 bits per heavy atom. The first-order chi connectivity index (χ1) is 30.2. The molecule has 2 saturated heterocycles. The number of halogens is 12. The molecule has 350 valence electrons. The molecule has 0 bridgehead atoms. The zero-order chi connectivity index (χ0) is 48.2. The Kier molecular flexibility index (Phi) is 14.3. The van der Waals surface area contributed by atoms with E-state index in [2.05, 4.69) is 4.74 Å². The van der Waals surface area contributed by atoms with E-state index in [1.54, 1.807) is 4.90 Å². The van der Waals surface area contributed by atoms with Gasteiger partial charge in [-0.2, -0.15) is 48.3 Å². The van der Waals surface area contributed by atoms with E-state index >= 15 is 0 Å². The van der Waals surface area contributed by atoms with Gasteiger partial charge in [-0.1, -0.05) is 0 Å². The lowest BCUT2D eigenvalue weighted by Gasteiger charge is -2.36. The third-order valence-corrected chi connectivity index (χ3v) is 9.91. The van der Waals surface area contributed by atoms with Crippen LogP contribution < -0.4 is 14.5 Å². The molecule has 1 atom stereocenters. The van der Waals surface area contributed by atoms with Crippen LogP contribution in [0.3, 0.4) is 0 Å². The summed E-state index contributed by atoms with van der Waals surface area (Å²) in [6, 6.07) is 13.7. The molecule has 0 aliphatic carbocycles. The predicted octanol–water partition coefficient (Wildman–Crippen LogP) is 8.73. The third kappa shape index (κ3) is 12.0. The Hall–Kier alpha value is -7.02. The number of carbonyl (C=O) groups is 2. The molecule has 4 aromatic carbocycles. The maximum absolute atomic E-state index is 13.8. The minimum atomic E-state index is -6.00. The summed E-state index contributed by atoms with van der Waals surface area (Å²) >= 11 is 0. The Morgan fingerprint density at radius 3 is 1.31 bits per heavy atom. The molecular formula is C39H32F12N6O8. The number of nitro groups is 2. The number of hydrogen-bond acceptors (Lipinski definition) is 10. The summed E-state index contributed by atoms with van der Waals surface area (Å²) in [5, 5.41) is 31.8. The minimum absolute atomic E-state index is 0.0546. The van der Waals surface area contributed by atoms with Crippen LogP contribution >= 0.6 is 0 Å². The van der Waals surface area contributed by atoms with Crippen LogP contribution in [0.5, 0.6) is 11.5 Å². The zero-order valence-electron chi connectivity index (χ0n) is 32.8. The Morgan fingerprint density at radius 1 is 0.569 bits per heavy atom. The second-order valence-corrected chi connectivity index (χ2v) is 14.1. The number of nitro benzene ring substituents is 2. The van der Waals surface area contributed by atoms with E-state index in [9.17, 15) is 87.6 Å². The second-order valence-electron chi connectivity index (χ2n) is 14.1. The number of aromatic hydroxyl groups is 1. The molecule has 1 unspecified atom stereocenters. The third-order valence-electron chi connectivity index (χ3n) is 9.91. The molecule has 0 aromatic heterocycles. The number of piperazine rings is 2. The Balaban J connectivity index is 0.000000253. The molecule has 0 spiro atoms. The van der Waals surface area contributed by atoms with Gasteiger partial charge in [0.1, 0.15) is 11.5 Å². The van der Waals surface area contributed by atoms with Gasteiger partial charge in [0.15, 0.2) is 0 Å². The molecule has 2 fully saturated rings. The van der Waals surface area contributed by atoms with Crippen LogP contribution in [-0.4, -0.2) is 107 Å². The summed E-state index contributed by atoms with van der Waals surface area (Å²) in [5.74, 6) is -3.21. The molecule has 2 heterocycles. The predicted molar refractivity (Wildman–Crippen MR) is 204 cm³/mol. The standard InChI is InChI=1S/C21H16F9N3O4.C18H16F3N3O4/c22-18(20(26,27)28)21(29,30)37-16-6-5-14(33(35)36)11-15(16)17(34)32-9-7-31(8-10-32)13-3-1-12(2-4-13)19(23,24)25;19-18(20,21)12-1-3-13(4-2-12)22-7-9-23(10-8-22)17(26)15-11-14(24(27)28)5-6-16(15)25/h1-6,11,18H,7-10H2;1-6,11,25H,7-10H2. The van der Waals surface area contributed by atoms with Crippen molar-refractivity contribution in [2.45, 2.75) is 30.8 Å². The summed E-state index contributed by atoms with van der Waals surface area (Å²) in [7, 11) is 0. The van der Waals surface area contributed by atoms with E-state index in [0.717, 1.165) is 47.4 Å². The SMILES string of the molecule is O=C(c1cc([N+](=O)[O-])ccc1O)N1CCN(c2ccc(C(F)(F)F)cc2)CC1.O=C(c1cc([N+](=O)[O-])ccc1OC(F)(F)C(F)C(F)(F)F)N1CCN(c2ccc(C(F)(F)F)cc2)CC1. The van der Waals surface area contributed by atoms with Crippen LogP contribution in [0.2, 0.25) is 0 Å². The number of hydrogen-bond donors (Lipinski definition) is 1. The number of amides is 2. The van der Waals surface area contributed by atoms with Crippen LogP contribution in [0.25, 0.3) is 0 Å². The summed E-state index contributed by atoms with van der Waals surface area (Å²) in [6.45, 7) is 1.14. The highest BCUT2D eigenvalue weighted by atomic mass is 19.4. The molecule has 0 radical (unpaired) electrons. The highest BCUT2D eigenvalue weighted by Gasteiger charge is 2.59. The van der Waals surface area contributed by atoms with Crippen molar-refractivity contribution in [2.24, 2.45) is 0 Å². The molecule has 0 saturated carbocycles. The first-order valence-corrected chi connectivity index (χ1v) is 18.6. The maximum atomic E-state index is 13.8. The fourth-order valence-electron chi connectivity index (χ4n) is 6.48. The van der Waals surface area contributed by atoms with E-state index in [1.807, 2.05) is 4.90 Å². The lowest BCUT2D eigenvalue weighted by atomic mass is 10.1. The first kappa shape index (κ1) is 49.0. The zero-order valence-corrected chi connectivity index (χ0v) is 32.8. The monoisotopic (exact) mass is 940 g/mol. The van der Waals surface area contributed by atoms with Gasteiger partial charge in [0.05, 0.1) is 32.1 Å². The van der Waals surface area contributed by atoms with Crippen molar-refractivity contribution in [3.05, 3.63) is 127 Å². The van der Waals surface area contributed by atoms with Crippen LogP contribution in [0.1, 0.15) is 31.8 Å². The molecule has 65 heavy (non-hydrogen) atoms. The number of alkyl halides is 12. The molecule has 1 N–H and O–H groups in total. The lowest BCUT2D eigenvalue weighted by Crippen LogP contribution is -2.49. The van der Waals surface area contributed by atoms with Crippen molar-refractivity contribution in [3.63, 3.8) is 0 Å². The van der Waals surface area contributed by atoms with Gasteiger partial charge >= 0.3 is 24.6 Å². The van der Waals surface area contributed by atoms with Crippen molar-refractivity contribution in [3.8, 4) is 11.5 Å². The summed E-state index contributed by atoms with van der Waals surface area (Å²) < 4.78 is 158. The first-order valence-electron chi connectivity index (χ1n) is 18.6. The number of non-ortho nitro benzene ring substituents is 2. The highest BCUT2D eigenvalue weighted by molar-refractivity contribution is 5.98. The fourth-order valence-corrected chi connectivity index (χ4v) is 6.48. The normalized spacial score (nSPS) is 15.4. The van der Waals surface area contributed by atoms with Gasteiger partial charge in [-0.15, -0.1) is 0 Å². The van der Waals surface area contributed by atoms with Gasteiger partial charge in [0, 0.05) is 88.0 Å². The number of ether oxygens (including phenoxy) is 1. The van der Waals surface area contributed by atoms with Crippen molar-refractivity contribution < 1.29 is 82.0 Å². The Labute approximate surface area is 358 Å². The molecule has 26 heteroatoms. The number of nitrogens with zero attached hydrogens (tertiary/aromatic N) is 6. The average molecular weight is 941 g/mol.